The van der Waals surface area contributed by atoms with Gasteiger partial charge in [0.15, 0.2) is 0 Å². The summed E-state index contributed by atoms with van der Waals surface area (Å²) in [6, 6.07) is 7.49. The minimum absolute atomic E-state index is 0.0618. The van der Waals surface area contributed by atoms with Crippen LogP contribution in [0.4, 0.5) is 5.69 Å². The van der Waals surface area contributed by atoms with Gasteiger partial charge in [-0.15, -0.1) is 6.58 Å². The standard InChI is InChI=1S/C15H19NO3/c1-3-4-5-14(17)16(11-10-15(18)19)13-8-6-12(2)7-9-13/h3,6-9H,1,4-5,10-11H2,2H3,(H,18,19). The molecule has 4 nitrogen and oxygen atoms in total. The Labute approximate surface area is 113 Å². The number of allylic oxidation sites excluding steroid dienone is 1. The minimum atomic E-state index is -0.909. The number of aryl methyl sites for hydroxylation is 1. The number of carboxylic acids is 1. The Balaban J connectivity index is 2.84. The third-order valence-corrected chi connectivity index (χ3v) is 2.76. The molecule has 0 aliphatic rings. The maximum Gasteiger partial charge on any atom is 0.305 e. The molecular formula is C15H19NO3. The number of nitrogens with zero attached hydrogens (tertiary/aromatic N) is 1. The molecule has 1 aromatic carbocycles. The van der Waals surface area contributed by atoms with Gasteiger partial charge in [0.2, 0.25) is 5.91 Å². The third-order valence-electron chi connectivity index (χ3n) is 2.76. The van der Waals surface area contributed by atoms with Crippen molar-refractivity contribution < 1.29 is 14.7 Å². The summed E-state index contributed by atoms with van der Waals surface area (Å²) < 4.78 is 0. The van der Waals surface area contributed by atoms with Crippen LogP contribution in [0, 0.1) is 6.92 Å². The van der Waals surface area contributed by atoms with Crippen molar-refractivity contribution in [1.82, 2.24) is 0 Å². The van der Waals surface area contributed by atoms with Crippen LogP contribution in [0.1, 0.15) is 24.8 Å². The number of aliphatic carboxylic acids is 1. The minimum Gasteiger partial charge on any atom is -0.481 e. The van der Waals surface area contributed by atoms with Crippen LogP contribution in [0.15, 0.2) is 36.9 Å². The lowest BCUT2D eigenvalue weighted by molar-refractivity contribution is -0.136. The second-order valence-electron chi connectivity index (χ2n) is 4.35. The number of carbonyl (C=O) groups excluding carboxylic acids is 1. The Morgan fingerprint density at radius 3 is 2.42 bits per heavy atom. The molecule has 19 heavy (non-hydrogen) atoms. The predicted octanol–water partition coefficient (Wildman–Crippen LogP) is 2.77. The Bertz CT molecular complexity index is 451. The molecule has 0 aliphatic heterocycles. The van der Waals surface area contributed by atoms with Crippen LogP contribution in [0.5, 0.6) is 0 Å². The number of rotatable bonds is 7. The number of hydrogen-bond acceptors (Lipinski definition) is 2. The predicted molar refractivity (Wildman–Crippen MR) is 75.2 cm³/mol. The molecule has 0 aliphatic carbocycles. The zero-order valence-corrected chi connectivity index (χ0v) is 11.1. The number of carboxylic acid groups (broad SMARTS) is 1. The van der Waals surface area contributed by atoms with Gasteiger partial charge in [0.05, 0.1) is 6.42 Å². The highest BCUT2D eigenvalue weighted by atomic mass is 16.4. The zero-order chi connectivity index (χ0) is 14.3. The van der Waals surface area contributed by atoms with Gasteiger partial charge >= 0.3 is 5.97 Å². The van der Waals surface area contributed by atoms with Gasteiger partial charge in [0.1, 0.15) is 0 Å². The van der Waals surface area contributed by atoms with Crippen molar-refractivity contribution in [2.45, 2.75) is 26.2 Å². The van der Waals surface area contributed by atoms with Gasteiger partial charge in [0, 0.05) is 18.7 Å². The first-order valence-electron chi connectivity index (χ1n) is 6.24. The van der Waals surface area contributed by atoms with E-state index in [0.717, 1.165) is 11.3 Å². The molecule has 1 N–H and O–H groups in total. The van der Waals surface area contributed by atoms with Gasteiger partial charge in [-0.3, -0.25) is 9.59 Å². The second kappa shape index (κ2) is 7.36. The summed E-state index contributed by atoms with van der Waals surface area (Å²) in [7, 11) is 0. The van der Waals surface area contributed by atoms with Crippen LogP contribution >= 0.6 is 0 Å². The fourth-order valence-corrected chi connectivity index (χ4v) is 1.69. The Hall–Kier alpha value is -2.10. The summed E-state index contributed by atoms with van der Waals surface area (Å²) in [5.41, 5.74) is 1.83. The fraction of sp³-hybridized carbons (Fsp3) is 0.333. The average molecular weight is 261 g/mol. The van der Waals surface area contributed by atoms with Crippen LogP contribution < -0.4 is 4.90 Å². The van der Waals surface area contributed by atoms with E-state index in [1.54, 1.807) is 6.08 Å². The molecule has 0 saturated heterocycles. The first-order valence-corrected chi connectivity index (χ1v) is 6.24. The molecule has 1 amide bonds. The summed E-state index contributed by atoms with van der Waals surface area (Å²) in [6.45, 7) is 5.74. The van der Waals surface area contributed by atoms with Gasteiger partial charge in [-0.05, 0) is 25.5 Å². The molecule has 1 aromatic rings. The highest BCUT2D eigenvalue weighted by Crippen LogP contribution is 2.17. The number of benzene rings is 1. The molecule has 0 aromatic heterocycles. The van der Waals surface area contributed by atoms with Gasteiger partial charge in [-0.25, -0.2) is 0 Å². The monoisotopic (exact) mass is 261 g/mol. The van der Waals surface area contributed by atoms with E-state index < -0.39 is 5.97 Å². The largest absolute Gasteiger partial charge is 0.481 e. The van der Waals surface area contributed by atoms with E-state index in [9.17, 15) is 9.59 Å². The highest BCUT2D eigenvalue weighted by Gasteiger charge is 2.15. The molecule has 0 fully saturated rings. The van der Waals surface area contributed by atoms with Crippen molar-refractivity contribution in [3.8, 4) is 0 Å². The topological polar surface area (TPSA) is 57.6 Å². The van der Waals surface area contributed by atoms with E-state index in [4.69, 9.17) is 5.11 Å². The first kappa shape index (κ1) is 15.0. The Morgan fingerprint density at radius 2 is 1.89 bits per heavy atom. The lowest BCUT2D eigenvalue weighted by Gasteiger charge is -2.22. The summed E-state index contributed by atoms with van der Waals surface area (Å²) in [6.07, 6.45) is 2.56. The summed E-state index contributed by atoms with van der Waals surface area (Å²) in [5, 5.41) is 8.76. The van der Waals surface area contributed by atoms with Gasteiger partial charge in [-0.1, -0.05) is 23.8 Å². The summed E-state index contributed by atoms with van der Waals surface area (Å²) in [5.74, 6) is -0.987. The van der Waals surface area contributed by atoms with Gasteiger partial charge in [0.25, 0.3) is 0 Å². The molecule has 0 unspecified atom stereocenters. The molecular weight excluding hydrogens is 242 g/mol. The number of amides is 1. The van der Waals surface area contributed by atoms with Crippen molar-refractivity contribution in [2.24, 2.45) is 0 Å². The zero-order valence-electron chi connectivity index (χ0n) is 11.1. The first-order chi connectivity index (χ1) is 9.04. The van der Waals surface area contributed by atoms with E-state index in [1.165, 1.54) is 4.90 Å². The normalized spacial score (nSPS) is 9.95. The van der Waals surface area contributed by atoms with Crippen LogP contribution in [0.25, 0.3) is 0 Å². The Kier molecular flexibility index (Phi) is 5.79. The molecule has 0 atom stereocenters. The van der Waals surface area contributed by atoms with E-state index in [0.29, 0.717) is 12.8 Å². The maximum atomic E-state index is 12.1. The van der Waals surface area contributed by atoms with Crippen molar-refractivity contribution in [3.05, 3.63) is 42.5 Å². The van der Waals surface area contributed by atoms with Crippen molar-refractivity contribution in [2.75, 3.05) is 11.4 Å². The SMILES string of the molecule is C=CCCC(=O)N(CCC(=O)O)c1ccc(C)cc1. The molecule has 0 heterocycles. The van der Waals surface area contributed by atoms with Crippen LogP contribution in [-0.4, -0.2) is 23.5 Å². The second-order valence-corrected chi connectivity index (χ2v) is 4.35. The summed E-state index contributed by atoms with van der Waals surface area (Å²) >= 11 is 0. The highest BCUT2D eigenvalue weighted by molar-refractivity contribution is 5.93. The average Bonchev–Trinajstić information content (AvgIpc) is 2.38. The molecule has 102 valence electrons. The fourth-order valence-electron chi connectivity index (χ4n) is 1.69. The lowest BCUT2D eigenvalue weighted by Crippen LogP contribution is -2.32. The number of anilines is 1. The van der Waals surface area contributed by atoms with Gasteiger partial charge < -0.3 is 10.0 Å². The summed E-state index contributed by atoms with van der Waals surface area (Å²) in [4.78, 5) is 24.3. The van der Waals surface area contributed by atoms with E-state index in [-0.39, 0.29) is 18.9 Å². The number of hydrogen-bond donors (Lipinski definition) is 1. The molecule has 0 spiro atoms. The maximum absolute atomic E-state index is 12.1. The Morgan fingerprint density at radius 1 is 1.26 bits per heavy atom. The quantitative estimate of drug-likeness (QED) is 0.768. The van der Waals surface area contributed by atoms with Crippen LogP contribution in [-0.2, 0) is 9.59 Å². The number of carbonyl (C=O) groups is 2. The smallest absolute Gasteiger partial charge is 0.305 e. The molecule has 0 bridgehead atoms. The van der Waals surface area contributed by atoms with Crippen LogP contribution in [0.3, 0.4) is 0 Å². The van der Waals surface area contributed by atoms with Crippen molar-refractivity contribution in [1.29, 1.82) is 0 Å². The third kappa shape index (κ3) is 4.95. The van der Waals surface area contributed by atoms with Crippen molar-refractivity contribution >= 4 is 17.6 Å². The van der Waals surface area contributed by atoms with E-state index in [2.05, 4.69) is 6.58 Å². The molecule has 1 rings (SSSR count). The molecule has 4 heteroatoms. The molecule has 0 radical (unpaired) electrons. The lowest BCUT2D eigenvalue weighted by atomic mass is 10.2. The van der Waals surface area contributed by atoms with Gasteiger partial charge in [-0.2, -0.15) is 0 Å². The van der Waals surface area contributed by atoms with E-state index in [1.807, 2.05) is 31.2 Å². The van der Waals surface area contributed by atoms with Crippen LogP contribution in [0.2, 0.25) is 0 Å². The van der Waals surface area contributed by atoms with E-state index >= 15 is 0 Å². The molecule has 0 saturated carbocycles. The van der Waals surface area contributed by atoms with Crippen molar-refractivity contribution in [3.63, 3.8) is 0 Å².